The SMILES string of the molecule is CCC(C)c1ccc(OCC(=O)Nc2cccc(C(=O)N3CCOCC3)c2)c(Br)c1. The number of nitrogens with one attached hydrogen (secondary N) is 1. The first kappa shape index (κ1) is 22.3. The molecule has 6 nitrogen and oxygen atoms in total. The van der Waals surface area contributed by atoms with Crippen LogP contribution in [0, 0.1) is 0 Å². The van der Waals surface area contributed by atoms with Gasteiger partial charge in [-0.2, -0.15) is 0 Å². The van der Waals surface area contributed by atoms with Gasteiger partial charge in [0.05, 0.1) is 17.7 Å². The second kappa shape index (κ2) is 10.6. The number of rotatable bonds is 7. The molecule has 1 aliphatic rings. The van der Waals surface area contributed by atoms with Gasteiger partial charge in [-0.3, -0.25) is 9.59 Å². The van der Waals surface area contributed by atoms with Crippen LogP contribution in [-0.2, 0) is 9.53 Å². The topological polar surface area (TPSA) is 67.9 Å². The first-order chi connectivity index (χ1) is 14.5. The number of hydrogen-bond donors (Lipinski definition) is 1. The van der Waals surface area contributed by atoms with E-state index in [2.05, 4.69) is 35.1 Å². The minimum Gasteiger partial charge on any atom is -0.483 e. The lowest BCUT2D eigenvalue weighted by Gasteiger charge is -2.27. The molecule has 7 heteroatoms. The Morgan fingerprint density at radius 1 is 1.20 bits per heavy atom. The molecular formula is C23H27BrN2O4. The van der Waals surface area contributed by atoms with Crippen molar-refractivity contribution < 1.29 is 19.1 Å². The lowest BCUT2D eigenvalue weighted by atomic mass is 9.99. The molecule has 30 heavy (non-hydrogen) atoms. The third kappa shape index (κ3) is 5.83. The van der Waals surface area contributed by atoms with E-state index < -0.39 is 0 Å². The van der Waals surface area contributed by atoms with Crippen molar-refractivity contribution in [3.05, 3.63) is 58.1 Å². The maximum absolute atomic E-state index is 12.6. The highest BCUT2D eigenvalue weighted by Gasteiger charge is 2.19. The molecule has 0 spiro atoms. The minimum atomic E-state index is -0.288. The third-order valence-electron chi connectivity index (χ3n) is 5.19. The van der Waals surface area contributed by atoms with Crippen molar-refractivity contribution >= 4 is 33.4 Å². The van der Waals surface area contributed by atoms with E-state index in [4.69, 9.17) is 9.47 Å². The molecule has 2 aromatic carbocycles. The molecule has 1 unspecified atom stereocenters. The Hall–Kier alpha value is -2.38. The van der Waals surface area contributed by atoms with E-state index in [0.717, 1.165) is 10.9 Å². The summed E-state index contributed by atoms with van der Waals surface area (Å²) < 4.78 is 11.8. The highest BCUT2D eigenvalue weighted by Crippen LogP contribution is 2.30. The third-order valence-corrected chi connectivity index (χ3v) is 5.81. The number of nitrogens with zero attached hydrogens (tertiary/aromatic N) is 1. The number of ether oxygens (including phenoxy) is 2. The van der Waals surface area contributed by atoms with Crippen molar-refractivity contribution in [3.8, 4) is 5.75 Å². The predicted molar refractivity (Wildman–Crippen MR) is 120 cm³/mol. The van der Waals surface area contributed by atoms with Crippen molar-refractivity contribution in [3.63, 3.8) is 0 Å². The number of amides is 2. The van der Waals surface area contributed by atoms with Crippen LogP contribution in [0.3, 0.4) is 0 Å². The highest BCUT2D eigenvalue weighted by atomic mass is 79.9. The van der Waals surface area contributed by atoms with Crippen molar-refractivity contribution in [1.29, 1.82) is 0 Å². The van der Waals surface area contributed by atoms with Gasteiger partial charge in [-0.15, -0.1) is 0 Å². The molecule has 3 rings (SSSR count). The van der Waals surface area contributed by atoms with Crippen molar-refractivity contribution in [2.75, 3.05) is 38.2 Å². The number of halogens is 1. The van der Waals surface area contributed by atoms with Gasteiger partial charge in [0.2, 0.25) is 0 Å². The van der Waals surface area contributed by atoms with Crippen molar-refractivity contribution in [2.24, 2.45) is 0 Å². The van der Waals surface area contributed by atoms with Gasteiger partial charge >= 0.3 is 0 Å². The van der Waals surface area contributed by atoms with Crippen LogP contribution in [-0.4, -0.2) is 49.6 Å². The molecule has 1 N–H and O–H groups in total. The van der Waals surface area contributed by atoms with Crippen molar-refractivity contribution in [1.82, 2.24) is 4.90 Å². The highest BCUT2D eigenvalue weighted by molar-refractivity contribution is 9.10. The maximum atomic E-state index is 12.6. The zero-order valence-corrected chi connectivity index (χ0v) is 18.9. The summed E-state index contributed by atoms with van der Waals surface area (Å²) in [5.41, 5.74) is 2.33. The fourth-order valence-electron chi connectivity index (χ4n) is 3.20. The molecule has 1 aliphatic heterocycles. The van der Waals surface area contributed by atoms with Crippen LogP contribution >= 0.6 is 15.9 Å². The molecule has 1 atom stereocenters. The van der Waals surface area contributed by atoms with Gasteiger partial charge in [-0.25, -0.2) is 0 Å². The average molecular weight is 475 g/mol. The molecule has 1 saturated heterocycles. The van der Waals surface area contributed by atoms with Crippen LogP contribution < -0.4 is 10.1 Å². The molecule has 0 saturated carbocycles. The Morgan fingerprint density at radius 2 is 1.97 bits per heavy atom. The quantitative estimate of drug-likeness (QED) is 0.643. The Kier molecular flexibility index (Phi) is 7.87. The summed E-state index contributed by atoms with van der Waals surface area (Å²) in [4.78, 5) is 26.7. The summed E-state index contributed by atoms with van der Waals surface area (Å²) in [5, 5.41) is 2.79. The van der Waals surface area contributed by atoms with Crippen LogP contribution in [0.15, 0.2) is 46.9 Å². The predicted octanol–water partition coefficient (Wildman–Crippen LogP) is 4.45. The summed E-state index contributed by atoms with van der Waals surface area (Å²) >= 11 is 3.52. The zero-order valence-electron chi connectivity index (χ0n) is 17.3. The van der Waals surface area contributed by atoms with Gasteiger partial charge in [0.15, 0.2) is 6.61 Å². The molecule has 1 fully saturated rings. The van der Waals surface area contributed by atoms with Gasteiger partial charge in [-0.05, 0) is 64.2 Å². The number of hydrogen-bond acceptors (Lipinski definition) is 4. The number of benzene rings is 2. The van der Waals surface area contributed by atoms with Gasteiger partial charge < -0.3 is 19.7 Å². The van der Waals surface area contributed by atoms with E-state index >= 15 is 0 Å². The summed E-state index contributed by atoms with van der Waals surface area (Å²) in [6, 6.07) is 12.9. The Bertz CT molecular complexity index is 897. The second-order valence-electron chi connectivity index (χ2n) is 7.32. The Balaban J connectivity index is 1.57. The van der Waals surface area contributed by atoms with Gasteiger partial charge in [0, 0.05) is 24.3 Å². The monoisotopic (exact) mass is 474 g/mol. The summed E-state index contributed by atoms with van der Waals surface area (Å²) in [5.74, 6) is 0.736. The van der Waals surface area contributed by atoms with E-state index in [1.165, 1.54) is 5.56 Å². The lowest BCUT2D eigenvalue weighted by molar-refractivity contribution is -0.118. The minimum absolute atomic E-state index is 0.0593. The summed E-state index contributed by atoms with van der Waals surface area (Å²) in [6.07, 6.45) is 1.06. The number of carbonyl (C=O) groups is 2. The molecule has 2 amide bonds. The molecule has 160 valence electrons. The zero-order chi connectivity index (χ0) is 21.5. The molecular weight excluding hydrogens is 448 g/mol. The fraction of sp³-hybridized carbons (Fsp3) is 0.391. The smallest absolute Gasteiger partial charge is 0.262 e. The van der Waals surface area contributed by atoms with Crippen molar-refractivity contribution in [2.45, 2.75) is 26.2 Å². The largest absolute Gasteiger partial charge is 0.483 e. The number of morpholine rings is 1. The van der Waals surface area contributed by atoms with E-state index in [1.807, 2.05) is 18.2 Å². The lowest BCUT2D eigenvalue weighted by Crippen LogP contribution is -2.40. The summed E-state index contributed by atoms with van der Waals surface area (Å²) in [6.45, 7) is 6.45. The van der Waals surface area contributed by atoms with E-state index in [1.54, 1.807) is 29.2 Å². The molecule has 2 aromatic rings. The maximum Gasteiger partial charge on any atom is 0.262 e. The first-order valence-electron chi connectivity index (χ1n) is 10.2. The molecule has 1 heterocycles. The normalized spacial score (nSPS) is 14.8. The van der Waals surface area contributed by atoms with E-state index in [-0.39, 0.29) is 18.4 Å². The Morgan fingerprint density at radius 3 is 2.67 bits per heavy atom. The van der Waals surface area contributed by atoms with Gasteiger partial charge in [0.1, 0.15) is 5.75 Å². The second-order valence-corrected chi connectivity index (χ2v) is 8.18. The van der Waals surface area contributed by atoms with Crippen LogP contribution in [0.1, 0.15) is 42.1 Å². The van der Waals surface area contributed by atoms with E-state index in [9.17, 15) is 9.59 Å². The Labute approximate surface area is 185 Å². The molecule has 0 radical (unpaired) electrons. The van der Waals surface area contributed by atoms with Gasteiger partial charge in [0.25, 0.3) is 11.8 Å². The molecule has 0 aliphatic carbocycles. The first-order valence-corrected chi connectivity index (χ1v) is 11.0. The average Bonchev–Trinajstić information content (AvgIpc) is 2.78. The molecule has 0 aromatic heterocycles. The standard InChI is InChI=1S/C23H27BrN2O4/c1-3-16(2)17-7-8-21(20(24)14-17)30-15-22(27)25-19-6-4-5-18(13-19)23(28)26-9-11-29-12-10-26/h4-8,13-14,16H,3,9-12,15H2,1-2H3,(H,25,27). The number of anilines is 1. The van der Waals surface area contributed by atoms with Crippen LogP contribution in [0.2, 0.25) is 0 Å². The molecule has 0 bridgehead atoms. The van der Waals surface area contributed by atoms with Gasteiger partial charge in [-0.1, -0.05) is 26.0 Å². The van der Waals surface area contributed by atoms with E-state index in [0.29, 0.717) is 49.2 Å². The summed E-state index contributed by atoms with van der Waals surface area (Å²) in [7, 11) is 0. The number of carbonyl (C=O) groups excluding carboxylic acids is 2. The fourth-order valence-corrected chi connectivity index (χ4v) is 3.71. The van der Waals surface area contributed by atoms with Crippen LogP contribution in [0.4, 0.5) is 5.69 Å². The van der Waals surface area contributed by atoms with Crippen LogP contribution in [0.25, 0.3) is 0 Å². The van der Waals surface area contributed by atoms with Crippen LogP contribution in [0.5, 0.6) is 5.75 Å².